The second-order valence-electron chi connectivity index (χ2n) is 3.07. The number of phosphoric acid groups is 1. The van der Waals surface area contributed by atoms with Crippen molar-refractivity contribution in [3.8, 4) is 0 Å². The van der Waals surface area contributed by atoms with E-state index in [0.29, 0.717) is 12.8 Å². The SMILES string of the molecule is C=C(C(=O)O)C(CCO)CCO.O=P(O)(O)O. The molecule has 0 aromatic rings. The average molecular weight is 272 g/mol. The Morgan fingerprint density at radius 3 is 1.59 bits per heavy atom. The highest BCUT2D eigenvalue weighted by atomic mass is 31.2. The van der Waals surface area contributed by atoms with E-state index in [-0.39, 0.29) is 24.7 Å². The summed E-state index contributed by atoms with van der Waals surface area (Å²) in [5, 5.41) is 25.7. The number of carboxylic acids is 1. The second-order valence-corrected chi connectivity index (χ2v) is 4.09. The van der Waals surface area contributed by atoms with Gasteiger partial charge in [-0.05, 0) is 18.8 Å². The van der Waals surface area contributed by atoms with Crippen LogP contribution in [0.25, 0.3) is 0 Å². The lowest BCUT2D eigenvalue weighted by atomic mass is 9.94. The van der Waals surface area contributed by atoms with Crippen LogP contribution in [0.2, 0.25) is 0 Å². The molecule has 102 valence electrons. The fourth-order valence-corrected chi connectivity index (χ4v) is 0.979. The molecule has 0 radical (unpaired) electrons. The first-order valence-electron chi connectivity index (χ1n) is 4.55. The zero-order valence-electron chi connectivity index (χ0n) is 9.06. The fourth-order valence-electron chi connectivity index (χ4n) is 0.979. The molecule has 0 spiro atoms. The maximum absolute atomic E-state index is 10.4. The summed E-state index contributed by atoms with van der Waals surface area (Å²) in [5.74, 6) is -1.39. The minimum atomic E-state index is -4.64. The van der Waals surface area contributed by atoms with Crippen molar-refractivity contribution in [2.45, 2.75) is 12.8 Å². The fraction of sp³-hybridized carbons (Fsp3) is 0.625. The van der Waals surface area contributed by atoms with Crippen molar-refractivity contribution in [3.05, 3.63) is 12.2 Å². The van der Waals surface area contributed by atoms with Crippen molar-refractivity contribution in [2.75, 3.05) is 13.2 Å². The molecule has 0 fully saturated rings. The van der Waals surface area contributed by atoms with Gasteiger partial charge >= 0.3 is 13.8 Å². The van der Waals surface area contributed by atoms with E-state index >= 15 is 0 Å². The highest BCUT2D eigenvalue weighted by Crippen LogP contribution is 2.25. The van der Waals surface area contributed by atoms with E-state index in [9.17, 15) is 4.79 Å². The molecule has 0 aromatic heterocycles. The minimum Gasteiger partial charge on any atom is -0.478 e. The Morgan fingerprint density at radius 1 is 1.12 bits per heavy atom. The van der Waals surface area contributed by atoms with E-state index in [0.717, 1.165) is 0 Å². The Bertz CT molecular complexity index is 269. The number of hydrogen-bond donors (Lipinski definition) is 6. The third-order valence-electron chi connectivity index (χ3n) is 1.72. The van der Waals surface area contributed by atoms with Gasteiger partial charge in [0.2, 0.25) is 0 Å². The van der Waals surface area contributed by atoms with Crippen LogP contribution in [0.1, 0.15) is 12.8 Å². The van der Waals surface area contributed by atoms with Crippen LogP contribution in [0, 0.1) is 5.92 Å². The zero-order chi connectivity index (χ0) is 14.1. The third-order valence-corrected chi connectivity index (χ3v) is 1.72. The summed E-state index contributed by atoms with van der Waals surface area (Å²) in [6, 6.07) is 0. The minimum absolute atomic E-state index is 0.0538. The van der Waals surface area contributed by atoms with Crippen molar-refractivity contribution in [1.29, 1.82) is 0 Å². The standard InChI is InChI=1S/C8H14O4.H3O4P/c1-6(8(11)12)7(2-4-9)3-5-10;1-5(2,3)4/h7,9-10H,1-5H2,(H,11,12);(H3,1,2,3,4). The molecule has 0 aromatic carbocycles. The largest absolute Gasteiger partial charge is 0.478 e. The van der Waals surface area contributed by atoms with Crippen molar-refractivity contribution in [2.24, 2.45) is 5.92 Å². The van der Waals surface area contributed by atoms with Crippen LogP contribution in [-0.2, 0) is 9.36 Å². The van der Waals surface area contributed by atoms with Gasteiger partial charge in [-0.2, -0.15) is 0 Å². The van der Waals surface area contributed by atoms with E-state index in [2.05, 4.69) is 6.58 Å². The predicted molar refractivity (Wildman–Crippen MR) is 57.9 cm³/mol. The van der Waals surface area contributed by atoms with Crippen LogP contribution in [0.15, 0.2) is 12.2 Å². The molecule has 0 aliphatic carbocycles. The Hall–Kier alpha value is -0.760. The molecular weight excluding hydrogens is 255 g/mol. The summed E-state index contributed by atoms with van der Waals surface area (Å²) in [6.07, 6.45) is 0.678. The smallest absolute Gasteiger partial charge is 0.466 e. The van der Waals surface area contributed by atoms with Gasteiger partial charge in [0.05, 0.1) is 0 Å². The second kappa shape index (κ2) is 9.29. The zero-order valence-corrected chi connectivity index (χ0v) is 9.95. The monoisotopic (exact) mass is 272 g/mol. The molecule has 0 saturated carbocycles. The first-order valence-corrected chi connectivity index (χ1v) is 6.12. The number of carbonyl (C=O) groups is 1. The Labute approximate surface area is 98.1 Å². The van der Waals surface area contributed by atoms with E-state index < -0.39 is 13.8 Å². The van der Waals surface area contributed by atoms with Crippen molar-refractivity contribution in [1.82, 2.24) is 0 Å². The third kappa shape index (κ3) is 15.2. The van der Waals surface area contributed by atoms with Gasteiger partial charge in [0.1, 0.15) is 0 Å². The van der Waals surface area contributed by atoms with Gasteiger partial charge in [0.15, 0.2) is 0 Å². The number of aliphatic hydroxyl groups is 2. The van der Waals surface area contributed by atoms with Gasteiger partial charge in [0.25, 0.3) is 0 Å². The van der Waals surface area contributed by atoms with Gasteiger partial charge < -0.3 is 30.0 Å². The van der Waals surface area contributed by atoms with Crippen molar-refractivity contribution in [3.63, 3.8) is 0 Å². The molecule has 0 atom stereocenters. The molecule has 0 heterocycles. The Morgan fingerprint density at radius 2 is 1.41 bits per heavy atom. The molecule has 0 saturated heterocycles. The molecular formula is C8H17O8P. The summed E-state index contributed by atoms with van der Waals surface area (Å²) < 4.78 is 8.88. The lowest BCUT2D eigenvalue weighted by Gasteiger charge is -2.13. The highest BCUT2D eigenvalue weighted by Gasteiger charge is 2.16. The Kier molecular flexibility index (Phi) is 10.2. The topological polar surface area (TPSA) is 156 Å². The first kappa shape index (κ1) is 18.6. The van der Waals surface area contributed by atoms with Crippen LogP contribution < -0.4 is 0 Å². The summed E-state index contributed by atoms with van der Waals surface area (Å²) in [7, 11) is -4.64. The van der Waals surface area contributed by atoms with Crippen LogP contribution in [-0.4, -0.2) is 49.2 Å². The maximum atomic E-state index is 10.4. The van der Waals surface area contributed by atoms with Gasteiger partial charge in [0, 0.05) is 18.8 Å². The molecule has 0 aliphatic rings. The molecule has 9 heteroatoms. The lowest BCUT2D eigenvalue weighted by molar-refractivity contribution is -0.133. The van der Waals surface area contributed by atoms with Gasteiger partial charge in [-0.3, -0.25) is 0 Å². The number of hydrogen-bond acceptors (Lipinski definition) is 4. The highest BCUT2D eigenvalue weighted by molar-refractivity contribution is 7.45. The van der Waals surface area contributed by atoms with Crippen molar-refractivity contribution >= 4 is 13.8 Å². The van der Waals surface area contributed by atoms with Gasteiger partial charge in [-0.15, -0.1) is 0 Å². The van der Waals surface area contributed by atoms with Crippen LogP contribution in [0.4, 0.5) is 0 Å². The van der Waals surface area contributed by atoms with E-state index in [1.54, 1.807) is 0 Å². The van der Waals surface area contributed by atoms with Crippen molar-refractivity contribution < 1.29 is 39.4 Å². The van der Waals surface area contributed by atoms with E-state index in [4.69, 9.17) is 34.6 Å². The summed E-state index contributed by atoms with van der Waals surface area (Å²) in [6.45, 7) is 3.20. The maximum Gasteiger partial charge on any atom is 0.466 e. The molecule has 0 aliphatic heterocycles. The normalized spacial score (nSPS) is 10.7. The van der Waals surface area contributed by atoms with E-state index in [1.807, 2.05) is 0 Å². The number of aliphatic carboxylic acids is 1. The number of rotatable bonds is 6. The summed E-state index contributed by atoms with van der Waals surface area (Å²) >= 11 is 0. The quantitative estimate of drug-likeness (QED) is 0.268. The summed E-state index contributed by atoms with van der Waals surface area (Å²) in [4.78, 5) is 32.0. The number of carboxylic acid groups (broad SMARTS) is 1. The molecule has 0 bridgehead atoms. The average Bonchev–Trinajstić information content (AvgIpc) is 2.13. The molecule has 0 amide bonds. The van der Waals surface area contributed by atoms with E-state index in [1.165, 1.54) is 0 Å². The lowest BCUT2D eigenvalue weighted by Crippen LogP contribution is -2.14. The molecule has 17 heavy (non-hydrogen) atoms. The molecule has 8 nitrogen and oxygen atoms in total. The summed E-state index contributed by atoms with van der Waals surface area (Å²) in [5.41, 5.74) is 0.0538. The molecule has 0 rings (SSSR count). The predicted octanol–water partition coefficient (Wildman–Crippen LogP) is -0.920. The van der Waals surface area contributed by atoms with Gasteiger partial charge in [-0.25, -0.2) is 9.36 Å². The number of aliphatic hydroxyl groups excluding tert-OH is 2. The van der Waals surface area contributed by atoms with Gasteiger partial charge in [-0.1, -0.05) is 6.58 Å². The van der Waals surface area contributed by atoms with Crippen LogP contribution >= 0.6 is 7.82 Å². The van der Waals surface area contributed by atoms with Crippen LogP contribution in [0.3, 0.4) is 0 Å². The van der Waals surface area contributed by atoms with Crippen LogP contribution in [0.5, 0.6) is 0 Å². The molecule has 6 N–H and O–H groups in total. The first-order chi connectivity index (χ1) is 7.63. The Balaban J connectivity index is 0. The molecule has 0 unspecified atom stereocenters.